The van der Waals surface area contributed by atoms with E-state index in [1.807, 2.05) is 55.5 Å². The lowest BCUT2D eigenvalue weighted by molar-refractivity contribution is 0.0601. The number of fused-ring (bicyclic) bond motifs is 1. The van der Waals surface area contributed by atoms with Crippen LogP contribution in [-0.2, 0) is 4.74 Å². The molecule has 0 radical (unpaired) electrons. The average molecular weight is 518 g/mol. The molecule has 0 aliphatic carbocycles. The Morgan fingerprint density at radius 1 is 0.919 bits per heavy atom. The van der Waals surface area contributed by atoms with Gasteiger partial charge in [-0.25, -0.2) is 9.78 Å². The first-order chi connectivity index (χ1) is 17.7. The topological polar surface area (TPSA) is 97.8 Å². The van der Waals surface area contributed by atoms with Crippen molar-refractivity contribution in [2.75, 3.05) is 33.6 Å². The molecule has 9 heteroatoms. The van der Waals surface area contributed by atoms with Gasteiger partial charge in [-0.05, 0) is 55.3 Å². The van der Waals surface area contributed by atoms with E-state index in [2.05, 4.69) is 5.32 Å². The van der Waals surface area contributed by atoms with Gasteiger partial charge in [-0.1, -0.05) is 18.2 Å². The van der Waals surface area contributed by atoms with Crippen LogP contribution in [0, 0.1) is 13.8 Å². The minimum absolute atomic E-state index is 0.164. The van der Waals surface area contributed by atoms with E-state index in [1.54, 1.807) is 28.1 Å². The van der Waals surface area contributed by atoms with Gasteiger partial charge in [0.25, 0.3) is 11.8 Å². The van der Waals surface area contributed by atoms with E-state index in [1.165, 1.54) is 12.0 Å². The monoisotopic (exact) mass is 517 g/mol. The van der Waals surface area contributed by atoms with Crippen molar-refractivity contribution in [1.29, 1.82) is 0 Å². The minimum atomic E-state index is -0.628. The van der Waals surface area contributed by atoms with E-state index < -0.39 is 11.9 Å². The lowest BCUT2D eigenvalue weighted by atomic mass is 9.97. The lowest BCUT2D eigenvalue weighted by Crippen LogP contribution is -2.21. The molecule has 1 N–H and O–H groups in total. The van der Waals surface area contributed by atoms with Gasteiger partial charge in [-0.3, -0.25) is 9.59 Å². The van der Waals surface area contributed by atoms with Gasteiger partial charge in [-0.15, -0.1) is 11.3 Å². The number of pyridine rings is 1. The first-order valence-electron chi connectivity index (χ1n) is 11.5. The number of carbonyl (C=O) groups excluding carboxylic acids is 3. The highest BCUT2D eigenvalue weighted by molar-refractivity contribution is 7.18. The first kappa shape index (κ1) is 25.8. The number of rotatable bonds is 6. The normalized spacial score (nSPS) is 10.8. The van der Waals surface area contributed by atoms with Crippen molar-refractivity contribution in [2.24, 2.45) is 0 Å². The van der Waals surface area contributed by atoms with E-state index in [4.69, 9.17) is 14.5 Å². The van der Waals surface area contributed by atoms with Crippen LogP contribution in [0.4, 0.5) is 5.00 Å². The molecule has 0 aliphatic rings. The number of hydrogen-bond donors (Lipinski definition) is 1. The van der Waals surface area contributed by atoms with Crippen LogP contribution in [0.15, 0.2) is 48.5 Å². The Kier molecular flexibility index (Phi) is 7.26. The summed E-state index contributed by atoms with van der Waals surface area (Å²) in [5.41, 5.74) is 3.88. The summed E-state index contributed by atoms with van der Waals surface area (Å²) in [4.78, 5) is 45.8. The summed E-state index contributed by atoms with van der Waals surface area (Å²) in [7, 11) is 6.12. The Bertz CT molecular complexity index is 1520. The van der Waals surface area contributed by atoms with Gasteiger partial charge >= 0.3 is 5.97 Å². The van der Waals surface area contributed by atoms with Crippen LogP contribution in [0.1, 0.15) is 41.5 Å². The molecule has 37 heavy (non-hydrogen) atoms. The molecule has 0 bridgehead atoms. The predicted molar refractivity (Wildman–Crippen MR) is 145 cm³/mol. The molecule has 0 saturated carbocycles. The summed E-state index contributed by atoms with van der Waals surface area (Å²) in [5.74, 6) is -0.592. The number of benzene rings is 2. The van der Waals surface area contributed by atoms with Gasteiger partial charge < -0.3 is 19.7 Å². The van der Waals surface area contributed by atoms with Crippen molar-refractivity contribution in [2.45, 2.75) is 13.8 Å². The minimum Gasteiger partial charge on any atom is -0.497 e. The molecule has 2 amide bonds. The van der Waals surface area contributed by atoms with Gasteiger partial charge in [0.05, 0.1) is 41.4 Å². The molecule has 2 aromatic carbocycles. The van der Waals surface area contributed by atoms with Crippen molar-refractivity contribution in [1.82, 2.24) is 9.88 Å². The number of hydrogen-bond acceptors (Lipinski definition) is 7. The Labute approximate surface area is 218 Å². The smallest absolute Gasteiger partial charge is 0.341 e. The second-order valence-electron chi connectivity index (χ2n) is 8.61. The van der Waals surface area contributed by atoms with Crippen molar-refractivity contribution in [3.8, 4) is 17.0 Å². The summed E-state index contributed by atoms with van der Waals surface area (Å²) in [5, 5.41) is 3.82. The fourth-order valence-corrected chi connectivity index (χ4v) is 5.36. The number of methoxy groups -OCH3 is 2. The first-order valence-corrected chi connectivity index (χ1v) is 12.3. The van der Waals surface area contributed by atoms with Gasteiger partial charge in [-0.2, -0.15) is 0 Å². The maximum atomic E-state index is 13.8. The zero-order valence-corrected chi connectivity index (χ0v) is 22.3. The van der Waals surface area contributed by atoms with Crippen LogP contribution in [0.3, 0.4) is 0 Å². The second kappa shape index (κ2) is 10.4. The van der Waals surface area contributed by atoms with Crippen molar-refractivity contribution in [3.05, 3.63) is 75.7 Å². The van der Waals surface area contributed by atoms with Crippen LogP contribution in [0.2, 0.25) is 0 Å². The van der Waals surface area contributed by atoms with Gasteiger partial charge in [0.2, 0.25) is 0 Å². The van der Waals surface area contributed by atoms with E-state index in [9.17, 15) is 14.4 Å². The van der Waals surface area contributed by atoms with Gasteiger partial charge in [0.15, 0.2) is 0 Å². The highest BCUT2D eigenvalue weighted by atomic mass is 32.1. The Balaban J connectivity index is 1.86. The van der Waals surface area contributed by atoms with Crippen LogP contribution < -0.4 is 10.1 Å². The molecule has 0 aliphatic heterocycles. The standard InChI is InChI=1S/C28H27N3O5S/c1-15-21(19-9-7-8-10-20(19)29-23(15)17-11-13-18(35-5)14-12-17)25(32)30-26-22(28(34)36-6)16(2)24(37-26)27(33)31(3)4/h7-14H,1-6H3,(H,30,32). The van der Waals surface area contributed by atoms with E-state index in [0.717, 1.165) is 16.9 Å². The Morgan fingerprint density at radius 2 is 1.59 bits per heavy atom. The third-order valence-corrected chi connectivity index (χ3v) is 7.29. The molecular formula is C28H27N3O5S. The van der Waals surface area contributed by atoms with Crippen molar-refractivity contribution < 1.29 is 23.9 Å². The lowest BCUT2D eigenvalue weighted by Gasteiger charge is -2.15. The number of thiophene rings is 1. The van der Waals surface area contributed by atoms with Crippen molar-refractivity contribution in [3.63, 3.8) is 0 Å². The van der Waals surface area contributed by atoms with Crippen LogP contribution in [0.5, 0.6) is 5.75 Å². The summed E-state index contributed by atoms with van der Waals surface area (Å²) in [6.45, 7) is 3.51. The van der Waals surface area contributed by atoms with Gasteiger partial charge in [0, 0.05) is 25.0 Å². The SMILES string of the molecule is COC(=O)c1c(NC(=O)c2c(C)c(-c3ccc(OC)cc3)nc3ccccc23)sc(C(=O)N(C)C)c1C. The quantitative estimate of drug-likeness (QED) is 0.347. The summed E-state index contributed by atoms with van der Waals surface area (Å²) in [6, 6.07) is 14.9. The number of nitrogens with one attached hydrogen (secondary N) is 1. The highest BCUT2D eigenvalue weighted by Gasteiger charge is 2.28. The number of para-hydroxylation sites is 1. The fraction of sp³-hybridized carbons (Fsp3) is 0.214. The molecule has 0 saturated heterocycles. The second-order valence-corrected chi connectivity index (χ2v) is 9.63. The molecule has 8 nitrogen and oxygen atoms in total. The number of ether oxygens (including phenoxy) is 2. The number of amides is 2. The zero-order valence-electron chi connectivity index (χ0n) is 21.5. The highest BCUT2D eigenvalue weighted by Crippen LogP contribution is 2.36. The molecule has 0 unspecified atom stereocenters. The maximum absolute atomic E-state index is 13.8. The molecule has 190 valence electrons. The number of anilines is 1. The molecule has 0 spiro atoms. The van der Waals surface area contributed by atoms with E-state index in [-0.39, 0.29) is 16.5 Å². The van der Waals surface area contributed by atoms with Crippen molar-refractivity contribution >= 4 is 45.0 Å². The molecule has 2 heterocycles. The van der Waals surface area contributed by atoms with Crippen LogP contribution in [0.25, 0.3) is 22.2 Å². The summed E-state index contributed by atoms with van der Waals surface area (Å²) in [6.07, 6.45) is 0. The number of nitrogens with zero attached hydrogens (tertiary/aromatic N) is 2. The van der Waals surface area contributed by atoms with Crippen LogP contribution >= 0.6 is 11.3 Å². The van der Waals surface area contributed by atoms with Gasteiger partial charge in [0.1, 0.15) is 10.8 Å². The molecule has 2 aromatic heterocycles. The fourth-order valence-electron chi connectivity index (χ4n) is 4.15. The average Bonchev–Trinajstić information content (AvgIpc) is 3.22. The molecule has 0 atom stereocenters. The molecule has 4 aromatic rings. The number of aromatic nitrogens is 1. The molecular weight excluding hydrogens is 490 g/mol. The largest absolute Gasteiger partial charge is 0.497 e. The van der Waals surface area contributed by atoms with E-state index in [0.29, 0.717) is 43.9 Å². The van der Waals surface area contributed by atoms with Crippen LogP contribution in [-0.4, -0.2) is 56.0 Å². The zero-order chi connectivity index (χ0) is 26.9. The summed E-state index contributed by atoms with van der Waals surface area (Å²) < 4.78 is 10.2. The third-order valence-electron chi connectivity index (χ3n) is 6.09. The van der Waals surface area contributed by atoms with E-state index >= 15 is 0 Å². The Hall–Kier alpha value is -4.24. The number of carbonyl (C=O) groups is 3. The maximum Gasteiger partial charge on any atom is 0.341 e. The number of esters is 1. The third kappa shape index (κ3) is 4.77. The molecule has 4 rings (SSSR count). The predicted octanol–water partition coefficient (Wildman–Crippen LogP) is 5.33. The summed E-state index contributed by atoms with van der Waals surface area (Å²) >= 11 is 1.05. The molecule has 0 fully saturated rings. The Morgan fingerprint density at radius 3 is 2.22 bits per heavy atom.